The van der Waals surface area contributed by atoms with Gasteiger partial charge in [0.05, 0.1) is 12.2 Å². The van der Waals surface area contributed by atoms with E-state index in [9.17, 15) is 4.79 Å². The highest BCUT2D eigenvalue weighted by Crippen LogP contribution is 2.39. The van der Waals surface area contributed by atoms with E-state index in [-0.39, 0.29) is 24.1 Å². The topological polar surface area (TPSA) is 38.3 Å². The number of rotatable bonds is 2. The number of nitrogens with one attached hydrogen (secondary N) is 1. The second-order valence-corrected chi connectivity index (χ2v) is 6.23. The van der Waals surface area contributed by atoms with Crippen LogP contribution in [0.15, 0.2) is 34.0 Å². The number of hydrogen-bond donors (Lipinski definition) is 1. The number of carbonyl (C=O) groups is 1. The Kier molecular flexibility index (Phi) is 5.47. The third-order valence-corrected chi connectivity index (χ3v) is 5.05. The van der Waals surface area contributed by atoms with E-state index in [1.165, 1.54) is 18.4 Å². The lowest BCUT2D eigenvalue weighted by Gasteiger charge is -2.22. The third-order valence-electron chi connectivity index (χ3n) is 4.07. The Morgan fingerprint density at radius 2 is 2.05 bits per heavy atom. The second-order valence-electron chi connectivity index (χ2n) is 5.37. The zero-order valence-corrected chi connectivity index (χ0v) is 13.6. The molecule has 0 saturated carbocycles. The number of halogens is 2. The first-order valence-corrected chi connectivity index (χ1v) is 7.66. The van der Waals surface area contributed by atoms with Gasteiger partial charge in [0.15, 0.2) is 0 Å². The lowest BCUT2D eigenvalue weighted by Crippen LogP contribution is -2.27. The van der Waals surface area contributed by atoms with Crippen LogP contribution >= 0.6 is 28.3 Å². The van der Waals surface area contributed by atoms with E-state index in [2.05, 4.69) is 33.4 Å². The Labute approximate surface area is 134 Å². The summed E-state index contributed by atoms with van der Waals surface area (Å²) in [5.41, 5.74) is 2.21. The molecule has 1 atom stereocenters. The molecule has 110 valence electrons. The smallest absolute Gasteiger partial charge is 0.149 e. The standard InChI is InChI=1S/C15H18BrNO2.ClH/c16-15-12(2-1-10-3-5-17-6-4-10)14(18)7-11-8-19-9-13(11)15;/h1-2,8,10,12,17H,3-7,9H2;1H/b2-1+;. The highest BCUT2D eigenvalue weighted by molar-refractivity contribution is 9.11. The van der Waals surface area contributed by atoms with Crippen LogP contribution in [0.4, 0.5) is 0 Å². The molecule has 0 bridgehead atoms. The van der Waals surface area contributed by atoms with Gasteiger partial charge in [-0.3, -0.25) is 4.79 Å². The first-order valence-electron chi connectivity index (χ1n) is 6.87. The third kappa shape index (κ3) is 3.18. The largest absolute Gasteiger partial charge is 0.496 e. The van der Waals surface area contributed by atoms with Crippen molar-refractivity contribution in [2.24, 2.45) is 11.8 Å². The number of hydrogen-bond acceptors (Lipinski definition) is 3. The molecule has 1 fully saturated rings. The molecule has 0 spiro atoms. The van der Waals surface area contributed by atoms with Gasteiger partial charge < -0.3 is 10.1 Å². The van der Waals surface area contributed by atoms with Gasteiger partial charge in [-0.15, -0.1) is 12.4 Å². The maximum atomic E-state index is 12.2. The molecule has 0 aromatic heterocycles. The monoisotopic (exact) mass is 359 g/mol. The molecule has 1 saturated heterocycles. The summed E-state index contributed by atoms with van der Waals surface area (Å²) in [7, 11) is 0. The molecule has 3 nitrogen and oxygen atoms in total. The van der Waals surface area contributed by atoms with Crippen molar-refractivity contribution in [3.63, 3.8) is 0 Å². The van der Waals surface area contributed by atoms with Gasteiger partial charge in [-0.2, -0.15) is 0 Å². The molecule has 1 aliphatic carbocycles. The summed E-state index contributed by atoms with van der Waals surface area (Å²) >= 11 is 3.60. The van der Waals surface area contributed by atoms with E-state index >= 15 is 0 Å². The van der Waals surface area contributed by atoms with Crippen molar-refractivity contribution in [1.29, 1.82) is 0 Å². The fourth-order valence-corrected chi connectivity index (χ4v) is 3.66. The SMILES string of the molecule is Cl.O=C1CC2=COCC2=C(Br)C1/C=C/C1CCNCC1. The fourth-order valence-electron chi connectivity index (χ4n) is 2.88. The minimum atomic E-state index is -0.108. The number of Topliss-reactive ketones (excluding diaryl/α,β-unsaturated/α-hetero) is 1. The van der Waals surface area contributed by atoms with Crippen molar-refractivity contribution in [2.75, 3.05) is 19.7 Å². The number of ether oxygens (including phenoxy) is 1. The van der Waals surface area contributed by atoms with Crippen molar-refractivity contribution in [3.8, 4) is 0 Å². The zero-order chi connectivity index (χ0) is 13.2. The number of ketones is 1. The average Bonchev–Trinajstić information content (AvgIpc) is 2.88. The van der Waals surface area contributed by atoms with Gasteiger partial charge in [0.25, 0.3) is 0 Å². The normalized spacial score (nSPS) is 27.1. The van der Waals surface area contributed by atoms with Gasteiger partial charge in [-0.1, -0.05) is 28.1 Å². The van der Waals surface area contributed by atoms with Crippen molar-refractivity contribution < 1.29 is 9.53 Å². The fraction of sp³-hybridized carbons (Fsp3) is 0.533. The molecule has 5 heteroatoms. The molecule has 0 radical (unpaired) electrons. The number of piperidine rings is 1. The average molecular weight is 361 g/mol. The van der Waals surface area contributed by atoms with Gasteiger partial charge in [-0.25, -0.2) is 0 Å². The Balaban J connectivity index is 0.00000147. The van der Waals surface area contributed by atoms with Gasteiger partial charge >= 0.3 is 0 Å². The lowest BCUT2D eigenvalue weighted by molar-refractivity contribution is -0.120. The summed E-state index contributed by atoms with van der Waals surface area (Å²) in [6.45, 7) is 2.76. The predicted octanol–water partition coefficient (Wildman–Crippen LogP) is 3.12. The first kappa shape index (κ1) is 15.8. The summed E-state index contributed by atoms with van der Waals surface area (Å²) in [5, 5.41) is 3.36. The highest BCUT2D eigenvalue weighted by atomic mass is 79.9. The molecule has 20 heavy (non-hydrogen) atoms. The van der Waals surface area contributed by atoms with E-state index in [1.54, 1.807) is 6.26 Å². The van der Waals surface area contributed by atoms with Gasteiger partial charge in [0.2, 0.25) is 0 Å². The zero-order valence-electron chi connectivity index (χ0n) is 11.2. The summed E-state index contributed by atoms with van der Waals surface area (Å²) in [4.78, 5) is 12.2. The number of fused-ring (bicyclic) bond motifs is 1. The molecule has 2 aliphatic heterocycles. The van der Waals surface area contributed by atoms with Crippen LogP contribution in [0.3, 0.4) is 0 Å². The number of carbonyl (C=O) groups excluding carboxylic acids is 1. The molecule has 0 amide bonds. The Bertz CT molecular complexity index is 478. The van der Waals surface area contributed by atoms with Crippen LogP contribution in [0, 0.1) is 11.8 Å². The van der Waals surface area contributed by atoms with Gasteiger partial charge in [-0.05, 0) is 31.8 Å². The van der Waals surface area contributed by atoms with Crippen LogP contribution in [0.5, 0.6) is 0 Å². The van der Waals surface area contributed by atoms with E-state index in [0.29, 0.717) is 18.9 Å². The minimum Gasteiger partial charge on any atom is -0.496 e. The molecule has 1 unspecified atom stereocenters. The van der Waals surface area contributed by atoms with E-state index in [1.807, 2.05) is 0 Å². The van der Waals surface area contributed by atoms with E-state index < -0.39 is 0 Å². The highest BCUT2D eigenvalue weighted by Gasteiger charge is 2.32. The van der Waals surface area contributed by atoms with Crippen LogP contribution in [0.2, 0.25) is 0 Å². The van der Waals surface area contributed by atoms with E-state index in [0.717, 1.165) is 23.1 Å². The number of allylic oxidation sites excluding steroid dienone is 3. The maximum absolute atomic E-state index is 12.2. The van der Waals surface area contributed by atoms with Crippen LogP contribution in [0.25, 0.3) is 0 Å². The predicted molar refractivity (Wildman–Crippen MR) is 85.1 cm³/mol. The quantitative estimate of drug-likeness (QED) is 0.769. The Morgan fingerprint density at radius 1 is 1.30 bits per heavy atom. The molecule has 0 aromatic rings. The minimum absolute atomic E-state index is 0. The van der Waals surface area contributed by atoms with Crippen LogP contribution in [-0.2, 0) is 9.53 Å². The van der Waals surface area contributed by atoms with Crippen molar-refractivity contribution >= 4 is 34.1 Å². The van der Waals surface area contributed by atoms with Gasteiger partial charge in [0.1, 0.15) is 12.4 Å². The Hall–Kier alpha value is -0.580. The molecular formula is C15H19BrClNO2. The van der Waals surface area contributed by atoms with Crippen molar-refractivity contribution in [2.45, 2.75) is 19.3 Å². The Morgan fingerprint density at radius 3 is 2.80 bits per heavy atom. The first-order chi connectivity index (χ1) is 9.25. The lowest BCUT2D eigenvalue weighted by atomic mass is 9.85. The van der Waals surface area contributed by atoms with Gasteiger partial charge in [0, 0.05) is 22.0 Å². The maximum Gasteiger partial charge on any atom is 0.149 e. The molecule has 2 heterocycles. The molecule has 3 aliphatic rings. The summed E-state index contributed by atoms with van der Waals surface area (Å²) in [5.74, 6) is 0.761. The summed E-state index contributed by atoms with van der Waals surface area (Å²) < 4.78 is 6.32. The summed E-state index contributed by atoms with van der Waals surface area (Å²) in [6.07, 6.45) is 8.88. The summed E-state index contributed by atoms with van der Waals surface area (Å²) in [6, 6.07) is 0. The molecular weight excluding hydrogens is 342 g/mol. The van der Waals surface area contributed by atoms with Crippen LogP contribution < -0.4 is 5.32 Å². The second kappa shape index (κ2) is 6.92. The molecule has 1 N–H and O–H groups in total. The van der Waals surface area contributed by atoms with E-state index in [4.69, 9.17) is 4.74 Å². The van der Waals surface area contributed by atoms with Crippen molar-refractivity contribution in [1.82, 2.24) is 5.32 Å². The van der Waals surface area contributed by atoms with Crippen LogP contribution in [-0.4, -0.2) is 25.5 Å². The van der Waals surface area contributed by atoms with Crippen molar-refractivity contribution in [3.05, 3.63) is 34.0 Å². The molecule has 3 rings (SSSR count). The van der Waals surface area contributed by atoms with Crippen LogP contribution in [0.1, 0.15) is 19.3 Å². The molecule has 0 aromatic carbocycles.